The van der Waals surface area contributed by atoms with Crippen LogP contribution in [-0.4, -0.2) is 19.0 Å². The Morgan fingerprint density at radius 2 is 1.71 bits per heavy atom. The number of allylic oxidation sites excluding steroid dienone is 1. The number of aromatic hydroxyl groups is 1. The van der Waals surface area contributed by atoms with Gasteiger partial charge in [-0.1, -0.05) is 36.4 Å². The third-order valence-electron chi connectivity index (χ3n) is 5.81. The van der Waals surface area contributed by atoms with Gasteiger partial charge in [0.15, 0.2) is 11.5 Å². The lowest BCUT2D eigenvalue weighted by Crippen LogP contribution is -2.25. The Bertz CT molecular complexity index is 1090. The largest absolute Gasteiger partial charge is 0.508 e. The Hall–Kier alpha value is -3.60. The predicted molar refractivity (Wildman–Crippen MR) is 118 cm³/mol. The van der Waals surface area contributed by atoms with Crippen molar-refractivity contribution in [1.82, 2.24) is 0 Å². The summed E-state index contributed by atoms with van der Waals surface area (Å²) in [5.74, 6) is 3.67. The van der Waals surface area contributed by atoms with Crippen LogP contribution in [0.15, 0.2) is 66.7 Å². The van der Waals surface area contributed by atoms with E-state index in [1.165, 1.54) is 0 Å². The van der Waals surface area contributed by atoms with Crippen molar-refractivity contribution in [2.75, 3.05) is 13.9 Å². The Balaban J connectivity index is 1.40. The molecule has 0 amide bonds. The summed E-state index contributed by atoms with van der Waals surface area (Å²) in [4.78, 5) is 0. The number of fused-ring (bicyclic) bond motifs is 2. The Labute approximate surface area is 181 Å². The molecule has 0 radical (unpaired) electrons. The summed E-state index contributed by atoms with van der Waals surface area (Å²) in [6.45, 7) is 0.244. The Morgan fingerprint density at radius 1 is 0.968 bits per heavy atom. The molecule has 5 rings (SSSR count). The molecule has 0 fully saturated rings. The maximum absolute atomic E-state index is 9.70. The minimum Gasteiger partial charge on any atom is -0.508 e. The number of hydrogen-bond donors (Lipinski definition) is 1. The van der Waals surface area contributed by atoms with Gasteiger partial charge in [0.25, 0.3) is 0 Å². The Morgan fingerprint density at radius 3 is 2.45 bits per heavy atom. The van der Waals surface area contributed by atoms with Crippen molar-refractivity contribution >= 4 is 6.08 Å². The van der Waals surface area contributed by atoms with E-state index in [-0.39, 0.29) is 24.6 Å². The van der Waals surface area contributed by atoms with Crippen LogP contribution in [0.3, 0.4) is 0 Å². The van der Waals surface area contributed by atoms with Gasteiger partial charge in [-0.05, 0) is 59.9 Å². The molecule has 2 heterocycles. The van der Waals surface area contributed by atoms with Gasteiger partial charge in [0.05, 0.1) is 7.11 Å². The summed E-state index contributed by atoms with van der Waals surface area (Å²) in [6, 6.07) is 19.2. The molecule has 0 spiro atoms. The normalized spacial score (nSPS) is 19.1. The molecule has 3 aromatic carbocycles. The fourth-order valence-electron chi connectivity index (χ4n) is 4.16. The average Bonchev–Trinajstić information content (AvgIpc) is 3.25. The molecule has 2 atom stereocenters. The van der Waals surface area contributed by atoms with Gasteiger partial charge in [-0.3, -0.25) is 0 Å². The first-order chi connectivity index (χ1) is 15.2. The van der Waals surface area contributed by atoms with Crippen LogP contribution in [-0.2, 0) is 6.42 Å². The minimum absolute atomic E-state index is 0.117. The number of hydrogen-bond acceptors (Lipinski definition) is 5. The molecule has 0 saturated carbocycles. The van der Waals surface area contributed by atoms with Gasteiger partial charge >= 0.3 is 0 Å². The summed E-state index contributed by atoms with van der Waals surface area (Å²) in [7, 11) is 1.67. The zero-order valence-corrected chi connectivity index (χ0v) is 17.3. The van der Waals surface area contributed by atoms with E-state index in [4.69, 9.17) is 18.9 Å². The van der Waals surface area contributed by atoms with E-state index >= 15 is 0 Å². The third kappa shape index (κ3) is 4.04. The van der Waals surface area contributed by atoms with Crippen LogP contribution in [0, 0.1) is 5.92 Å². The minimum atomic E-state index is -0.117. The number of benzene rings is 3. The predicted octanol–water partition coefficient (Wildman–Crippen LogP) is 5.53. The van der Waals surface area contributed by atoms with Crippen molar-refractivity contribution in [3.8, 4) is 28.7 Å². The summed E-state index contributed by atoms with van der Waals surface area (Å²) in [5.41, 5.74) is 3.30. The van der Waals surface area contributed by atoms with Crippen molar-refractivity contribution in [1.29, 1.82) is 0 Å². The van der Waals surface area contributed by atoms with Crippen LogP contribution >= 0.6 is 0 Å². The van der Waals surface area contributed by atoms with Gasteiger partial charge in [0.1, 0.15) is 23.4 Å². The molecule has 0 aromatic heterocycles. The van der Waals surface area contributed by atoms with E-state index in [1.54, 1.807) is 19.2 Å². The van der Waals surface area contributed by atoms with Gasteiger partial charge in [-0.2, -0.15) is 0 Å². The van der Waals surface area contributed by atoms with Gasteiger partial charge in [0.2, 0.25) is 6.79 Å². The van der Waals surface area contributed by atoms with Crippen molar-refractivity contribution in [2.24, 2.45) is 5.92 Å². The first-order valence-electron chi connectivity index (χ1n) is 10.4. The maximum atomic E-state index is 9.70. The van der Waals surface area contributed by atoms with Gasteiger partial charge in [-0.15, -0.1) is 0 Å². The number of ether oxygens (including phenoxy) is 4. The molecule has 3 aromatic rings. The summed E-state index contributed by atoms with van der Waals surface area (Å²) in [5, 5.41) is 9.70. The van der Waals surface area contributed by atoms with Gasteiger partial charge < -0.3 is 24.1 Å². The third-order valence-corrected chi connectivity index (χ3v) is 5.81. The summed E-state index contributed by atoms with van der Waals surface area (Å²) < 4.78 is 22.8. The molecule has 0 saturated heterocycles. The number of phenolic OH excluding ortho intramolecular Hbond substituents is 1. The van der Waals surface area contributed by atoms with Crippen molar-refractivity contribution < 1.29 is 24.1 Å². The number of methoxy groups -OCH3 is 1. The zero-order valence-electron chi connectivity index (χ0n) is 17.3. The monoisotopic (exact) mass is 416 g/mol. The van der Waals surface area contributed by atoms with Gasteiger partial charge in [0, 0.05) is 12.0 Å². The highest BCUT2D eigenvalue weighted by Gasteiger charge is 2.32. The van der Waals surface area contributed by atoms with E-state index in [2.05, 4.69) is 12.2 Å². The fourth-order valence-corrected chi connectivity index (χ4v) is 4.16. The van der Waals surface area contributed by atoms with Crippen LogP contribution < -0.4 is 18.9 Å². The molecule has 1 N–H and O–H groups in total. The van der Waals surface area contributed by atoms with E-state index in [9.17, 15) is 5.11 Å². The molecule has 5 nitrogen and oxygen atoms in total. The van der Waals surface area contributed by atoms with Crippen LogP contribution in [0.1, 0.15) is 29.2 Å². The summed E-state index contributed by atoms with van der Waals surface area (Å²) in [6.07, 6.45) is 5.92. The van der Waals surface area contributed by atoms with Crippen molar-refractivity contribution in [3.05, 3.63) is 83.4 Å². The maximum Gasteiger partial charge on any atom is 0.231 e. The Kier molecular flexibility index (Phi) is 5.16. The van der Waals surface area contributed by atoms with Crippen LogP contribution in [0.2, 0.25) is 0 Å². The second kappa shape index (κ2) is 8.26. The van der Waals surface area contributed by atoms with Crippen LogP contribution in [0.25, 0.3) is 6.08 Å². The standard InChI is InChI=1S/C26H24O5/c1-28-22-11-5-17(6-12-22)3-2-4-19-13-20-14-24-25(30-16-29-24)15-23(20)31-26(19)18-7-9-21(27)10-8-18/h2-3,5-12,14-15,19,26-27H,4,13,16H2,1H3/b3-2+. The second-order valence-electron chi connectivity index (χ2n) is 7.82. The molecular weight excluding hydrogens is 392 g/mol. The highest BCUT2D eigenvalue weighted by Crippen LogP contribution is 2.46. The molecule has 0 aliphatic carbocycles. The number of phenols is 1. The highest BCUT2D eigenvalue weighted by molar-refractivity contribution is 5.54. The molecule has 5 heteroatoms. The topological polar surface area (TPSA) is 57.2 Å². The lowest BCUT2D eigenvalue weighted by molar-refractivity contribution is 0.114. The molecule has 2 unspecified atom stereocenters. The molecule has 2 aliphatic rings. The SMILES string of the molecule is COc1ccc(/C=C/CC2Cc3cc4c(cc3OC2c2ccc(O)cc2)OCO4)cc1. The van der Waals surface area contributed by atoms with Crippen molar-refractivity contribution in [2.45, 2.75) is 18.9 Å². The first kappa shape index (κ1) is 19.4. The molecule has 0 bridgehead atoms. The smallest absolute Gasteiger partial charge is 0.231 e. The van der Waals surface area contributed by atoms with Crippen LogP contribution in [0.5, 0.6) is 28.7 Å². The lowest BCUT2D eigenvalue weighted by Gasteiger charge is -2.34. The quantitative estimate of drug-likeness (QED) is 0.593. The second-order valence-corrected chi connectivity index (χ2v) is 7.82. The number of rotatable bonds is 5. The van der Waals surface area contributed by atoms with Gasteiger partial charge in [-0.25, -0.2) is 0 Å². The van der Waals surface area contributed by atoms with E-state index < -0.39 is 0 Å². The average molecular weight is 416 g/mol. The first-order valence-corrected chi connectivity index (χ1v) is 10.4. The fraction of sp³-hybridized carbons (Fsp3) is 0.231. The molecular formula is C26H24O5. The zero-order chi connectivity index (χ0) is 21.2. The molecule has 158 valence electrons. The highest BCUT2D eigenvalue weighted by atomic mass is 16.7. The molecule has 31 heavy (non-hydrogen) atoms. The summed E-state index contributed by atoms with van der Waals surface area (Å²) >= 11 is 0. The van der Waals surface area contributed by atoms with Crippen LogP contribution in [0.4, 0.5) is 0 Å². The van der Waals surface area contributed by atoms with E-state index in [0.29, 0.717) is 0 Å². The van der Waals surface area contributed by atoms with E-state index in [0.717, 1.165) is 52.5 Å². The van der Waals surface area contributed by atoms with Crippen molar-refractivity contribution in [3.63, 3.8) is 0 Å². The van der Waals surface area contributed by atoms with E-state index in [1.807, 2.05) is 48.5 Å². The molecule has 2 aliphatic heterocycles. The lowest BCUT2D eigenvalue weighted by atomic mass is 9.84.